The van der Waals surface area contributed by atoms with E-state index in [1.54, 1.807) is 7.11 Å². The highest BCUT2D eigenvalue weighted by Gasteiger charge is 2.11. The van der Waals surface area contributed by atoms with Crippen molar-refractivity contribution in [3.05, 3.63) is 0 Å². The normalized spacial score (nSPS) is 11.9. The van der Waals surface area contributed by atoms with E-state index in [0.717, 1.165) is 19.3 Å². The molecule has 0 aliphatic rings. The van der Waals surface area contributed by atoms with E-state index in [2.05, 4.69) is 17.6 Å². The minimum atomic E-state index is -0.850. The van der Waals surface area contributed by atoms with Gasteiger partial charge in [-0.25, -0.2) is 4.79 Å². The Morgan fingerprint density at radius 2 is 2.06 bits per heavy atom. The van der Waals surface area contributed by atoms with Crippen molar-refractivity contribution < 1.29 is 19.4 Å². The fourth-order valence-corrected chi connectivity index (χ4v) is 1.53. The van der Waals surface area contributed by atoms with E-state index in [9.17, 15) is 9.59 Å². The lowest BCUT2D eigenvalue weighted by atomic mass is 10.1. The van der Waals surface area contributed by atoms with Gasteiger partial charge in [0.2, 0.25) is 0 Å². The molecule has 0 saturated heterocycles. The minimum absolute atomic E-state index is 0.00873. The van der Waals surface area contributed by atoms with Crippen molar-refractivity contribution in [1.82, 2.24) is 10.6 Å². The molecule has 0 aromatic rings. The van der Waals surface area contributed by atoms with Crippen LogP contribution in [0.15, 0.2) is 0 Å². The Morgan fingerprint density at radius 1 is 1.33 bits per heavy atom. The van der Waals surface area contributed by atoms with Crippen LogP contribution >= 0.6 is 0 Å². The Kier molecular flexibility index (Phi) is 10.0. The number of ether oxygens (including phenoxy) is 1. The van der Waals surface area contributed by atoms with E-state index in [1.165, 1.54) is 0 Å². The second kappa shape index (κ2) is 10.8. The summed E-state index contributed by atoms with van der Waals surface area (Å²) in [7, 11) is 1.60. The highest BCUT2D eigenvalue weighted by Crippen LogP contribution is 2.00. The first kappa shape index (κ1) is 16.7. The van der Waals surface area contributed by atoms with E-state index < -0.39 is 5.97 Å². The van der Waals surface area contributed by atoms with Crippen molar-refractivity contribution in [2.45, 2.75) is 45.1 Å². The van der Waals surface area contributed by atoms with Crippen LogP contribution in [0.1, 0.15) is 39.0 Å². The van der Waals surface area contributed by atoms with Gasteiger partial charge in [-0.05, 0) is 12.8 Å². The molecule has 0 aliphatic carbocycles. The molecule has 18 heavy (non-hydrogen) atoms. The summed E-state index contributed by atoms with van der Waals surface area (Å²) in [4.78, 5) is 21.8. The number of carboxylic acid groups (broad SMARTS) is 1. The number of unbranched alkanes of at least 4 members (excludes halogenated alkanes) is 1. The molecule has 6 nitrogen and oxygen atoms in total. The van der Waals surface area contributed by atoms with Crippen LogP contribution < -0.4 is 10.6 Å². The molecule has 0 aliphatic heterocycles. The monoisotopic (exact) mass is 260 g/mol. The fourth-order valence-electron chi connectivity index (χ4n) is 1.53. The number of methoxy groups -OCH3 is 1. The first-order valence-electron chi connectivity index (χ1n) is 6.35. The second-order valence-corrected chi connectivity index (χ2v) is 4.19. The van der Waals surface area contributed by atoms with Gasteiger partial charge in [0.05, 0.1) is 12.6 Å². The number of carbonyl (C=O) groups excluding carboxylic acids is 1. The maximum Gasteiger partial charge on any atom is 0.315 e. The van der Waals surface area contributed by atoms with Gasteiger partial charge in [-0.3, -0.25) is 4.79 Å². The first-order chi connectivity index (χ1) is 8.60. The van der Waals surface area contributed by atoms with E-state index >= 15 is 0 Å². The number of rotatable bonds is 10. The highest BCUT2D eigenvalue weighted by molar-refractivity contribution is 5.74. The van der Waals surface area contributed by atoms with E-state index in [1.807, 2.05) is 0 Å². The van der Waals surface area contributed by atoms with Crippen LogP contribution in [0.25, 0.3) is 0 Å². The molecule has 3 N–H and O–H groups in total. The van der Waals surface area contributed by atoms with Gasteiger partial charge in [0.15, 0.2) is 0 Å². The molecule has 0 saturated carbocycles. The van der Waals surface area contributed by atoms with Crippen molar-refractivity contribution in [2.24, 2.45) is 0 Å². The predicted molar refractivity (Wildman–Crippen MR) is 68.6 cm³/mol. The maximum atomic E-state index is 11.5. The van der Waals surface area contributed by atoms with Crippen molar-refractivity contribution in [2.75, 3.05) is 20.3 Å². The zero-order valence-electron chi connectivity index (χ0n) is 11.2. The van der Waals surface area contributed by atoms with Crippen molar-refractivity contribution in [1.29, 1.82) is 0 Å². The smallest absolute Gasteiger partial charge is 0.315 e. The van der Waals surface area contributed by atoms with E-state index in [0.29, 0.717) is 19.6 Å². The molecule has 1 atom stereocenters. The Balaban J connectivity index is 3.76. The molecule has 0 bridgehead atoms. The van der Waals surface area contributed by atoms with Gasteiger partial charge in [-0.15, -0.1) is 0 Å². The number of carboxylic acids is 1. The number of hydrogen-bond donors (Lipinski definition) is 3. The van der Waals surface area contributed by atoms with Crippen LogP contribution in [-0.4, -0.2) is 43.4 Å². The standard InChI is InChI=1S/C12H24N2O4/c1-3-4-6-10(9-18-2)14-12(17)13-8-5-7-11(15)16/h10H,3-9H2,1-2H3,(H,15,16)(H2,13,14,17). The van der Waals surface area contributed by atoms with Crippen molar-refractivity contribution in [3.8, 4) is 0 Å². The summed E-state index contributed by atoms with van der Waals surface area (Å²) in [5.41, 5.74) is 0. The van der Waals surface area contributed by atoms with Gasteiger partial charge in [0.25, 0.3) is 0 Å². The number of urea groups is 1. The molecule has 1 unspecified atom stereocenters. The summed E-state index contributed by atoms with van der Waals surface area (Å²) in [6.07, 6.45) is 3.49. The number of nitrogens with one attached hydrogen (secondary N) is 2. The van der Waals surface area contributed by atoms with Gasteiger partial charge in [0, 0.05) is 20.1 Å². The van der Waals surface area contributed by atoms with Gasteiger partial charge >= 0.3 is 12.0 Å². The Morgan fingerprint density at radius 3 is 2.61 bits per heavy atom. The number of carbonyl (C=O) groups is 2. The second-order valence-electron chi connectivity index (χ2n) is 4.19. The molecule has 0 heterocycles. The molecule has 106 valence electrons. The average Bonchev–Trinajstić information content (AvgIpc) is 2.31. The van der Waals surface area contributed by atoms with Crippen LogP contribution in [0.4, 0.5) is 4.79 Å². The van der Waals surface area contributed by atoms with Crippen LogP contribution in [0.2, 0.25) is 0 Å². The van der Waals surface area contributed by atoms with E-state index in [-0.39, 0.29) is 18.5 Å². The van der Waals surface area contributed by atoms with Crippen LogP contribution in [0.3, 0.4) is 0 Å². The molecule has 2 amide bonds. The van der Waals surface area contributed by atoms with Crippen LogP contribution in [-0.2, 0) is 9.53 Å². The summed E-state index contributed by atoms with van der Waals surface area (Å²) in [5, 5.41) is 13.9. The van der Waals surface area contributed by atoms with Crippen molar-refractivity contribution in [3.63, 3.8) is 0 Å². The number of aliphatic carboxylic acids is 1. The van der Waals surface area contributed by atoms with Gasteiger partial charge < -0.3 is 20.5 Å². The first-order valence-corrected chi connectivity index (χ1v) is 6.35. The zero-order valence-corrected chi connectivity index (χ0v) is 11.2. The summed E-state index contributed by atoms with van der Waals surface area (Å²) < 4.78 is 5.04. The fraction of sp³-hybridized carbons (Fsp3) is 0.833. The lowest BCUT2D eigenvalue weighted by molar-refractivity contribution is -0.137. The van der Waals surface area contributed by atoms with Crippen LogP contribution in [0.5, 0.6) is 0 Å². The Hall–Kier alpha value is -1.30. The Labute approximate surface area is 108 Å². The van der Waals surface area contributed by atoms with Crippen LogP contribution in [0, 0.1) is 0 Å². The highest BCUT2D eigenvalue weighted by atomic mass is 16.5. The molecule has 0 aromatic carbocycles. The SMILES string of the molecule is CCCCC(COC)NC(=O)NCCCC(=O)O. The lowest BCUT2D eigenvalue weighted by Crippen LogP contribution is -2.44. The summed E-state index contributed by atoms with van der Waals surface area (Å²) >= 11 is 0. The maximum absolute atomic E-state index is 11.5. The topological polar surface area (TPSA) is 87.7 Å². The van der Waals surface area contributed by atoms with E-state index in [4.69, 9.17) is 9.84 Å². The Bertz CT molecular complexity index is 246. The third-order valence-electron chi connectivity index (χ3n) is 2.46. The third-order valence-corrected chi connectivity index (χ3v) is 2.46. The lowest BCUT2D eigenvalue weighted by Gasteiger charge is -2.18. The molecule has 6 heteroatoms. The largest absolute Gasteiger partial charge is 0.481 e. The molecule has 0 radical (unpaired) electrons. The average molecular weight is 260 g/mol. The predicted octanol–water partition coefficient (Wildman–Crippen LogP) is 1.36. The third kappa shape index (κ3) is 9.89. The molecule has 0 rings (SSSR count). The zero-order chi connectivity index (χ0) is 13.8. The minimum Gasteiger partial charge on any atom is -0.481 e. The van der Waals surface area contributed by atoms with Crippen molar-refractivity contribution >= 4 is 12.0 Å². The van der Waals surface area contributed by atoms with Gasteiger partial charge in [-0.1, -0.05) is 19.8 Å². The summed E-state index contributed by atoms with van der Waals surface area (Å²) in [5.74, 6) is -0.850. The molecular formula is C12H24N2O4. The van der Waals surface area contributed by atoms with Gasteiger partial charge in [0.1, 0.15) is 0 Å². The summed E-state index contributed by atoms with van der Waals surface area (Å²) in [6.45, 7) is 2.95. The number of amides is 2. The molecule has 0 spiro atoms. The molecule has 0 fully saturated rings. The molecule has 0 aromatic heterocycles. The molecular weight excluding hydrogens is 236 g/mol. The quantitative estimate of drug-likeness (QED) is 0.517. The van der Waals surface area contributed by atoms with Gasteiger partial charge in [-0.2, -0.15) is 0 Å². The number of hydrogen-bond acceptors (Lipinski definition) is 3. The summed E-state index contributed by atoms with van der Waals surface area (Å²) in [6, 6.07) is -0.257.